The van der Waals surface area contributed by atoms with E-state index in [4.69, 9.17) is 0 Å². The molecule has 0 aromatic heterocycles. The Morgan fingerprint density at radius 1 is 1.22 bits per heavy atom. The number of carbonyl (C=O) groups excluding carboxylic acids is 2. The predicted molar refractivity (Wildman–Crippen MR) is 111 cm³/mol. The molecule has 0 bridgehead atoms. The Hall–Kier alpha value is -2.31. The zero-order valence-electron chi connectivity index (χ0n) is 15.7. The van der Waals surface area contributed by atoms with Crippen molar-refractivity contribution in [3.63, 3.8) is 0 Å². The monoisotopic (exact) mass is 383 g/mol. The van der Waals surface area contributed by atoms with Gasteiger partial charge in [0.1, 0.15) is 0 Å². The Morgan fingerprint density at radius 3 is 2.70 bits per heavy atom. The number of benzene rings is 2. The summed E-state index contributed by atoms with van der Waals surface area (Å²) < 4.78 is 0. The van der Waals surface area contributed by atoms with Gasteiger partial charge in [0, 0.05) is 35.8 Å². The van der Waals surface area contributed by atoms with Gasteiger partial charge < -0.3 is 15.5 Å². The topological polar surface area (TPSA) is 61.4 Å². The van der Waals surface area contributed by atoms with Gasteiger partial charge in [-0.3, -0.25) is 9.59 Å². The van der Waals surface area contributed by atoms with Crippen molar-refractivity contribution in [3.05, 3.63) is 54.1 Å². The van der Waals surface area contributed by atoms with Gasteiger partial charge >= 0.3 is 0 Å². The largest absolute Gasteiger partial charge is 0.326 e. The van der Waals surface area contributed by atoms with Crippen molar-refractivity contribution in [1.82, 2.24) is 5.32 Å². The van der Waals surface area contributed by atoms with Crippen molar-refractivity contribution >= 4 is 35.0 Å². The minimum Gasteiger partial charge on any atom is -0.326 e. The third-order valence-electron chi connectivity index (χ3n) is 4.65. The summed E-state index contributed by atoms with van der Waals surface area (Å²) in [7, 11) is 0. The molecule has 2 N–H and O–H groups in total. The molecule has 0 aliphatic carbocycles. The van der Waals surface area contributed by atoms with E-state index in [0.717, 1.165) is 34.9 Å². The Morgan fingerprint density at radius 2 is 2.00 bits per heavy atom. The lowest BCUT2D eigenvalue weighted by molar-refractivity contribution is -0.122. The molecule has 1 unspecified atom stereocenters. The van der Waals surface area contributed by atoms with Crippen LogP contribution in [-0.4, -0.2) is 31.2 Å². The van der Waals surface area contributed by atoms with Crippen molar-refractivity contribution in [3.8, 4) is 0 Å². The van der Waals surface area contributed by atoms with E-state index in [9.17, 15) is 9.59 Å². The number of amides is 2. The fourth-order valence-corrected chi connectivity index (χ4v) is 3.58. The second-order valence-electron chi connectivity index (χ2n) is 6.57. The van der Waals surface area contributed by atoms with Crippen molar-refractivity contribution in [2.75, 3.05) is 29.6 Å². The van der Waals surface area contributed by atoms with Crippen LogP contribution >= 0.6 is 11.8 Å². The molecule has 0 spiro atoms. The summed E-state index contributed by atoms with van der Waals surface area (Å²) in [6.45, 7) is 4.14. The maximum atomic E-state index is 12.7. The predicted octanol–water partition coefficient (Wildman–Crippen LogP) is 3.51. The average molecular weight is 384 g/mol. The molecule has 2 amide bonds. The first-order valence-corrected chi connectivity index (χ1v) is 10.4. The lowest BCUT2D eigenvalue weighted by atomic mass is 10.1. The zero-order chi connectivity index (χ0) is 19.2. The normalized spacial score (nSPS) is 16.6. The van der Waals surface area contributed by atoms with E-state index in [-0.39, 0.29) is 24.2 Å². The highest BCUT2D eigenvalue weighted by Crippen LogP contribution is 2.28. The van der Waals surface area contributed by atoms with Crippen LogP contribution < -0.4 is 15.5 Å². The van der Waals surface area contributed by atoms with Gasteiger partial charge in [0.05, 0.1) is 5.92 Å². The SMILES string of the molecule is CCNCc1cccc(NC(=O)C2CC(=O)N(c3ccc(SC)cc3)C2)c1. The molecule has 6 heteroatoms. The number of hydrogen-bond acceptors (Lipinski definition) is 4. The molecule has 1 aliphatic rings. The van der Waals surface area contributed by atoms with Gasteiger partial charge in [-0.25, -0.2) is 0 Å². The number of nitrogens with one attached hydrogen (secondary N) is 2. The molecule has 1 atom stereocenters. The molecule has 0 radical (unpaired) electrons. The number of anilines is 2. The standard InChI is InChI=1S/C21H25N3O2S/c1-3-22-13-15-5-4-6-17(11-15)23-21(26)16-12-20(25)24(14-16)18-7-9-19(27-2)10-8-18/h4-11,16,22H,3,12-14H2,1-2H3,(H,23,26). The molecule has 5 nitrogen and oxygen atoms in total. The number of hydrogen-bond donors (Lipinski definition) is 2. The molecule has 1 fully saturated rings. The molecule has 3 rings (SSSR count). The van der Waals surface area contributed by atoms with E-state index in [2.05, 4.69) is 17.6 Å². The molecule has 2 aromatic rings. The highest BCUT2D eigenvalue weighted by Gasteiger charge is 2.35. The van der Waals surface area contributed by atoms with E-state index in [0.29, 0.717) is 6.54 Å². The van der Waals surface area contributed by atoms with E-state index >= 15 is 0 Å². The lowest BCUT2D eigenvalue weighted by Gasteiger charge is -2.17. The van der Waals surface area contributed by atoms with Gasteiger partial charge in [-0.05, 0) is 54.8 Å². The van der Waals surface area contributed by atoms with E-state index in [1.54, 1.807) is 16.7 Å². The maximum Gasteiger partial charge on any atom is 0.229 e. The van der Waals surface area contributed by atoms with Crippen LogP contribution in [0.25, 0.3) is 0 Å². The molecular weight excluding hydrogens is 358 g/mol. The number of rotatable bonds is 7. The van der Waals surface area contributed by atoms with Crippen LogP contribution in [0.15, 0.2) is 53.4 Å². The second kappa shape index (κ2) is 9.06. The molecule has 1 heterocycles. The van der Waals surface area contributed by atoms with Gasteiger partial charge in [0.2, 0.25) is 11.8 Å². The van der Waals surface area contributed by atoms with E-state index < -0.39 is 0 Å². The second-order valence-corrected chi connectivity index (χ2v) is 7.45. The summed E-state index contributed by atoms with van der Waals surface area (Å²) in [6.07, 6.45) is 2.26. The third kappa shape index (κ3) is 4.90. The molecule has 0 saturated carbocycles. The van der Waals surface area contributed by atoms with Crippen molar-refractivity contribution in [1.29, 1.82) is 0 Å². The first-order chi connectivity index (χ1) is 13.1. The van der Waals surface area contributed by atoms with Crippen LogP contribution in [0, 0.1) is 5.92 Å². The zero-order valence-corrected chi connectivity index (χ0v) is 16.5. The van der Waals surface area contributed by atoms with E-state index in [1.807, 2.05) is 54.8 Å². The Balaban J connectivity index is 1.63. The number of carbonyl (C=O) groups is 2. The average Bonchev–Trinajstić information content (AvgIpc) is 3.08. The van der Waals surface area contributed by atoms with Crippen LogP contribution in [0.1, 0.15) is 18.9 Å². The minimum atomic E-state index is -0.338. The summed E-state index contributed by atoms with van der Waals surface area (Å²) in [4.78, 5) is 27.9. The van der Waals surface area contributed by atoms with Crippen molar-refractivity contribution in [2.45, 2.75) is 24.8 Å². The summed E-state index contributed by atoms with van der Waals surface area (Å²) in [5, 5.41) is 6.24. The van der Waals surface area contributed by atoms with Crippen molar-refractivity contribution < 1.29 is 9.59 Å². The minimum absolute atomic E-state index is 0.00653. The van der Waals surface area contributed by atoms with Crippen molar-refractivity contribution in [2.24, 2.45) is 5.92 Å². The first-order valence-electron chi connectivity index (χ1n) is 9.15. The van der Waals surface area contributed by atoms with Gasteiger partial charge in [-0.1, -0.05) is 19.1 Å². The maximum absolute atomic E-state index is 12.7. The Bertz CT molecular complexity index is 807. The first kappa shape index (κ1) is 19.5. The van der Waals surface area contributed by atoms with Crippen LogP contribution in [0.2, 0.25) is 0 Å². The van der Waals surface area contributed by atoms with Gasteiger partial charge in [-0.15, -0.1) is 11.8 Å². The highest BCUT2D eigenvalue weighted by atomic mass is 32.2. The van der Waals surface area contributed by atoms with Crippen LogP contribution in [0.4, 0.5) is 11.4 Å². The highest BCUT2D eigenvalue weighted by molar-refractivity contribution is 7.98. The number of thioether (sulfide) groups is 1. The van der Waals surface area contributed by atoms with Crippen LogP contribution in [0.3, 0.4) is 0 Å². The molecule has 1 aliphatic heterocycles. The number of nitrogens with zero attached hydrogens (tertiary/aromatic N) is 1. The van der Waals surface area contributed by atoms with Crippen LogP contribution in [0.5, 0.6) is 0 Å². The molecule has 27 heavy (non-hydrogen) atoms. The summed E-state index contributed by atoms with van der Waals surface area (Å²) >= 11 is 1.66. The van der Waals surface area contributed by atoms with Gasteiger partial charge in [0.25, 0.3) is 0 Å². The Labute approximate surface area is 164 Å². The Kier molecular flexibility index (Phi) is 6.53. The smallest absolute Gasteiger partial charge is 0.229 e. The summed E-state index contributed by atoms with van der Waals surface area (Å²) in [6, 6.07) is 15.7. The molecule has 1 saturated heterocycles. The van der Waals surface area contributed by atoms with Gasteiger partial charge in [-0.2, -0.15) is 0 Å². The van der Waals surface area contributed by atoms with Gasteiger partial charge in [0.15, 0.2) is 0 Å². The molecular formula is C21H25N3O2S. The summed E-state index contributed by atoms with van der Waals surface area (Å²) in [5.74, 6) is -0.449. The molecule has 2 aromatic carbocycles. The quantitative estimate of drug-likeness (QED) is 0.719. The molecule has 142 valence electrons. The summed E-state index contributed by atoms with van der Waals surface area (Å²) in [5.41, 5.74) is 2.74. The van der Waals surface area contributed by atoms with E-state index in [1.165, 1.54) is 0 Å². The third-order valence-corrected chi connectivity index (χ3v) is 5.40. The van der Waals surface area contributed by atoms with Crippen LogP contribution in [-0.2, 0) is 16.1 Å². The lowest BCUT2D eigenvalue weighted by Crippen LogP contribution is -2.28. The fourth-order valence-electron chi connectivity index (χ4n) is 3.17. The fraction of sp³-hybridized carbons (Fsp3) is 0.333.